The van der Waals surface area contributed by atoms with Crippen LogP contribution in [0.4, 0.5) is 0 Å². The predicted molar refractivity (Wildman–Crippen MR) is 181 cm³/mol. The molecule has 3 amide bonds. The van der Waals surface area contributed by atoms with Crippen LogP contribution >= 0.6 is 0 Å². The summed E-state index contributed by atoms with van der Waals surface area (Å²) >= 11 is 0. The Morgan fingerprint density at radius 1 is 0.592 bits per heavy atom. The summed E-state index contributed by atoms with van der Waals surface area (Å²) in [6.45, 7) is 4.85. The summed E-state index contributed by atoms with van der Waals surface area (Å²) in [6.07, 6.45) is 1.40. The monoisotopic (exact) mass is 682 g/mol. The third-order valence-electron chi connectivity index (χ3n) is 8.98. The van der Waals surface area contributed by atoms with Crippen molar-refractivity contribution >= 4 is 17.7 Å². The van der Waals surface area contributed by atoms with Gasteiger partial charge in [-0.15, -0.1) is 0 Å². The third kappa shape index (κ3) is 9.61. The SMILES string of the molecule is Cc1cc(=O)c(O)c(CNC(=O)CCCCC(CCC(=O)NCc2c(O)c(=O)cc(C)n2C)C(=O)NCc2c(O)c(=O)cc(C)n2C)n1C. The highest BCUT2D eigenvalue weighted by Gasteiger charge is 2.22. The zero-order valence-corrected chi connectivity index (χ0v) is 28.8. The van der Waals surface area contributed by atoms with Gasteiger partial charge in [-0.05, 0) is 40.0 Å². The minimum atomic E-state index is -0.659. The highest BCUT2D eigenvalue weighted by atomic mass is 16.3. The van der Waals surface area contributed by atoms with Gasteiger partial charge in [0.1, 0.15) is 0 Å². The van der Waals surface area contributed by atoms with Crippen LogP contribution in [-0.2, 0) is 55.2 Å². The molecule has 0 spiro atoms. The standard InChI is InChI=1S/C34H46N6O9/c1-19-13-26(41)31(46)23(38(19)4)16-35-29(44)10-8-7-9-22(34(49)37-18-25-33(48)28(43)15-21(3)40(25)6)11-12-30(45)36-17-24-32(47)27(42)14-20(2)39(24)5/h13-15,22,46-48H,7-12,16-18H2,1-6H3,(H,35,44)(H,36,45)(H,37,49). The summed E-state index contributed by atoms with van der Waals surface area (Å²) in [5.41, 5.74) is 0.931. The van der Waals surface area contributed by atoms with Crippen LogP contribution in [0.2, 0.25) is 0 Å². The van der Waals surface area contributed by atoms with Crippen molar-refractivity contribution in [3.05, 3.63) is 83.0 Å². The molecule has 0 fully saturated rings. The quantitative estimate of drug-likeness (QED) is 0.126. The Labute approximate surface area is 283 Å². The van der Waals surface area contributed by atoms with E-state index in [-0.39, 0.29) is 61.9 Å². The highest BCUT2D eigenvalue weighted by molar-refractivity contribution is 5.80. The van der Waals surface area contributed by atoms with Crippen LogP contribution in [0.5, 0.6) is 17.2 Å². The second-order valence-electron chi connectivity index (χ2n) is 12.3. The van der Waals surface area contributed by atoms with E-state index in [1.807, 2.05) is 0 Å². The van der Waals surface area contributed by atoms with Crippen molar-refractivity contribution in [3.8, 4) is 17.2 Å². The Balaban J connectivity index is 1.62. The van der Waals surface area contributed by atoms with Gasteiger partial charge in [0.15, 0.2) is 17.2 Å². The number of carbonyl (C=O) groups excluding carboxylic acids is 3. The lowest BCUT2D eigenvalue weighted by molar-refractivity contribution is -0.126. The summed E-state index contributed by atoms with van der Waals surface area (Å²) in [5.74, 6) is -3.12. The van der Waals surface area contributed by atoms with E-state index in [0.717, 1.165) is 0 Å². The van der Waals surface area contributed by atoms with E-state index in [1.165, 1.54) is 18.2 Å². The van der Waals surface area contributed by atoms with Gasteiger partial charge in [-0.1, -0.05) is 6.42 Å². The molecule has 0 aliphatic rings. The van der Waals surface area contributed by atoms with Crippen molar-refractivity contribution in [1.29, 1.82) is 0 Å². The Morgan fingerprint density at radius 3 is 1.37 bits per heavy atom. The molecule has 3 rings (SSSR count). The number of amides is 3. The van der Waals surface area contributed by atoms with Gasteiger partial charge < -0.3 is 45.0 Å². The molecule has 15 heteroatoms. The van der Waals surface area contributed by atoms with Crippen molar-refractivity contribution in [3.63, 3.8) is 0 Å². The molecular formula is C34H46N6O9. The fourth-order valence-electron chi connectivity index (χ4n) is 5.46. The van der Waals surface area contributed by atoms with E-state index in [2.05, 4.69) is 16.0 Å². The van der Waals surface area contributed by atoms with E-state index in [0.29, 0.717) is 36.3 Å². The van der Waals surface area contributed by atoms with Gasteiger partial charge in [-0.2, -0.15) is 0 Å². The number of pyridine rings is 3. The van der Waals surface area contributed by atoms with Gasteiger partial charge in [0.2, 0.25) is 34.0 Å². The van der Waals surface area contributed by atoms with Crippen LogP contribution in [0.1, 0.15) is 72.7 Å². The molecule has 3 aromatic rings. The average molecular weight is 683 g/mol. The first-order valence-electron chi connectivity index (χ1n) is 16.0. The summed E-state index contributed by atoms with van der Waals surface area (Å²) in [4.78, 5) is 74.8. The molecule has 3 aromatic heterocycles. The Hall–Kier alpha value is -5.34. The zero-order valence-electron chi connectivity index (χ0n) is 28.8. The number of hydrogen-bond acceptors (Lipinski definition) is 9. The maximum Gasteiger partial charge on any atom is 0.223 e. The van der Waals surface area contributed by atoms with Gasteiger partial charge in [0.25, 0.3) is 0 Å². The molecule has 3 heterocycles. The second-order valence-corrected chi connectivity index (χ2v) is 12.3. The Morgan fingerprint density at radius 2 is 0.959 bits per heavy atom. The minimum absolute atomic E-state index is 0.0407. The van der Waals surface area contributed by atoms with E-state index in [9.17, 15) is 44.1 Å². The maximum absolute atomic E-state index is 13.4. The number of nitrogens with one attached hydrogen (secondary N) is 3. The zero-order chi connectivity index (χ0) is 36.6. The van der Waals surface area contributed by atoms with Gasteiger partial charge in [-0.25, -0.2) is 0 Å². The highest BCUT2D eigenvalue weighted by Crippen LogP contribution is 2.19. The summed E-state index contributed by atoms with van der Waals surface area (Å²) in [6, 6.07) is 3.89. The van der Waals surface area contributed by atoms with Crippen LogP contribution in [0.15, 0.2) is 32.6 Å². The molecule has 0 saturated heterocycles. The number of unbranched alkanes of at least 4 members (excludes halogenated alkanes) is 1. The summed E-state index contributed by atoms with van der Waals surface area (Å²) in [5, 5.41) is 38.8. The molecule has 0 radical (unpaired) electrons. The lowest BCUT2D eigenvalue weighted by atomic mass is 9.94. The number of aromatic hydroxyl groups is 3. The van der Waals surface area contributed by atoms with E-state index >= 15 is 0 Å². The summed E-state index contributed by atoms with van der Waals surface area (Å²) < 4.78 is 4.82. The molecule has 1 unspecified atom stereocenters. The maximum atomic E-state index is 13.4. The molecule has 15 nitrogen and oxygen atoms in total. The van der Waals surface area contributed by atoms with Crippen molar-refractivity contribution in [1.82, 2.24) is 29.7 Å². The third-order valence-corrected chi connectivity index (χ3v) is 8.98. The lowest BCUT2D eigenvalue weighted by Crippen LogP contribution is -2.33. The van der Waals surface area contributed by atoms with Crippen molar-refractivity contribution in [2.24, 2.45) is 27.1 Å². The molecule has 1 atom stereocenters. The largest absolute Gasteiger partial charge is 0.503 e. The van der Waals surface area contributed by atoms with Gasteiger partial charge in [0, 0.05) is 75.2 Å². The van der Waals surface area contributed by atoms with E-state index < -0.39 is 51.3 Å². The van der Waals surface area contributed by atoms with Gasteiger partial charge in [-0.3, -0.25) is 28.8 Å². The first kappa shape index (κ1) is 38.1. The fraction of sp³-hybridized carbons (Fsp3) is 0.471. The van der Waals surface area contributed by atoms with Crippen LogP contribution in [-0.4, -0.2) is 46.7 Å². The van der Waals surface area contributed by atoms with E-state index in [1.54, 1.807) is 55.6 Å². The molecular weight excluding hydrogens is 636 g/mol. The van der Waals surface area contributed by atoms with Crippen LogP contribution in [0.3, 0.4) is 0 Å². The first-order valence-corrected chi connectivity index (χ1v) is 16.0. The van der Waals surface area contributed by atoms with Crippen molar-refractivity contribution in [2.45, 2.75) is 78.9 Å². The van der Waals surface area contributed by atoms with E-state index in [4.69, 9.17) is 0 Å². The number of hydrogen-bond donors (Lipinski definition) is 6. The summed E-state index contributed by atoms with van der Waals surface area (Å²) in [7, 11) is 4.99. The topological polar surface area (TPSA) is 214 Å². The number of nitrogens with zero attached hydrogens (tertiary/aromatic N) is 3. The number of aromatic nitrogens is 3. The first-order chi connectivity index (χ1) is 23.0. The average Bonchev–Trinajstić information content (AvgIpc) is 3.05. The lowest BCUT2D eigenvalue weighted by Gasteiger charge is -2.19. The second kappa shape index (κ2) is 16.7. The normalized spacial score (nSPS) is 11.6. The van der Waals surface area contributed by atoms with Gasteiger partial charge in [0.05, 0.1) is 36.7 Å². The molecule has 0 aromatic carbocycles. The molecule has 6 N–H and O–H groups in total. The van der Waals surface area contributed by atoms with Crippen LogP contribution < -0.4 is 32.2 Å². The molecule has 0 bridgehead atoms. The molecule has 0 saturated carbocycles. The predicted octanol–water partition coefficient (Wildman–Crippen LogP) is 1.03. The minimum Gasteiger partial charge on any atom is -0.503 e. The number of rotatable bonds is 15. The molecule has 49 heavy (non-hydrogen) atoms. The molecule has 266 valence electrons. The number of carbonyl (C=O) groups is 3. The Kier molecular flexibility index (Phi) is 13.0. The fourth-order valence-corrected chi connectivity index (χ4v) is 5.46. The number of aryl methyl sites for hydroxylation is 3. The van der Waals surface area contributed by atoms with Crippen LogP contribution in [0.25, 0.3) is 0 Å². The Bertz CT molecular complexity index is 1910. The smallest absolute Gasteiger partial charge is 0.223 e. The van der Waals surface area contributed by atoms with Crippen molar-refractivity contribution in [2.75, 3.05) is 0 Å². The molecule has 0 aliphatic heterocycles. The van der Waals surface area contributed by atoms with Crippen molar-refractivity contribution < 1.29 is 29.7 Å². The van der Waals surface area contributed by atoms with Gasteiger partial charge >= 0.3 is 0 Å². The molecule has 0 aliphatic carbocycles. The van der Waals surface area contributed by atoms with Crippen LogP contribution in [0, 0.1) is 26.7 Å².